The first-order valence-corrected chi connectivity index (χ1v) is 6.99. The van der Waals surface area contributed by atoms with E-state index in [0.29, 0.717) is 12.5 Å². The fraction of sp³-hybridized carbons (Fsp3) is 0.625. The molecule has 0 heterocycles. The van der Waals surface area contributed by atoms with Gasteiger partial charge in [-0.15, -0.1) is 0 Å². The number of nitrogens with one attached hydrogen (secondary N) is 1. The van der Waals surface area contributed by atoms with Gasteiger partial charge >= 0.3 is 0 Å². The molecule has 2 unspecified atom stereocenters. The largest absolute Gasteiger partial charge is 0.496 e. The second-order valence-corrected chi connectivity index (χ2v) is 5.40. The molecule has 3 heteroatoms. The molecule has 3 N–H and O–H groups in total. The maximum atomic E-state index is 5.70. The molecule has 0 aliphatic rings. The minimum absolute atomic E-state index is 0.276. The summed E-state index contributed by atoms with van der Waals surface area (Å²) in [5.41, 5.74) is 10.8. The fourth-order valence-electron chi connectivity index (χ4n) is 2.86. The first-order chi connectivity index (χ1) is 8.97. The van der Waals surface area contributed by atoms with Crippen LogP contribution in [0.1, 0.15) is 41.6 Å². The van der Waals surface area contributed by atoms with Crippen LogP contribution in [-0.2, 0) is 0 Å². The van der Waals surface area contributed by atoms with E-state index in [1.54, 1.807) is 7.11 Å². The van der Waals surface area contributed by atoms with Crippen molar-refractivity contribution in [1.82, 2.24) is 5.32 Å². The van der Waals surface area contributed by atoms with Gasteiger partial charge in [0.05, 0.1) is 7.11 Å². The minimum atomic E-state index is 0.276. The van der Waals surface area contributed by atoms with Gasteiger partial charge in [0.1, 0.15) is 5.75 Å². The predicted molar refractivity (Wildman–Crippen MR) is 81.8 cm³/mol. The lowest BCUT2D eigenvalue weighted by Gasteiger charge is -2.28. The Labute approximate surface area is 117 Å². The average molecular weight is 264 g/mol. The lowest BCUT2D eigenvalue weighted by Crippen LogP contribution is -2.26. The molecule has 0 bridgehead atoms. The lowest BCUT2D eigenvalue weighted by molar-refractivity contribution is 0.357. The quantitative estimate of drug-likeness (QED) is 0.830. The van der Waals surface area contributed by atoms with Gasteiger partial charge in [0.15, 0.2) is 0 Å². The highest BCUT2D eigenvalue weighted by atomic mass is 16.5. The van der Waals surface area contributed by atoms with Crippen LogP contribution in [0.4, 0.5) is 0 Å². The SMILES string of the molecule is CNC(c1c(C)cc(C)c(C)c1OC)C(C)CCN. The Morgan fingerprint density at radius 1 is 1.26 bits per heavy atom. The van der Waals surface area contributed by atoms with E-state index in [1.807, 2.05) is 7.05 Å². The predicted octanol–water partition coefficient (Wildman–Crippen LogP) is 2.87. The molecule has 1 aromatic rings. The Hall–Kier alpha value is -1.06. The normalized spacial score (nSPS) is 14.3. The van der Waals surface area contributed by atoms with Crippen LogP contribution >= 0.6 is 0 Å². The van der Waals surface area contributed by atoms with E-state index in [9.17, 15) is 0 Å². The third kappa shape index (κ3) is 3.28. The zero-order valence-electron chi connectivity index (χ0n) is 13.1. The summed E-state index contributed by atoms with van der Waals surface area (Å²) < 4.78 is 5.68. The number of hydrogen-bond acceptors (Lipinski definition) is 3. The average Bonchev–Trinajstić information content (AvgIpc) is 2.37. The topological polar surface area (TPSA) is 47.3 Å². The molecule has 3 nitrogen and oxygen atoms in total. The van der Waals surface area contributed by atoms with Crippen molar-refractivity contribution < 1.29 is 4.74 Å². The molecule has 0 aliphatic carbocycles. The number of hydrogen-bond donors (Lipinski definition) is 2. The zero-order chi connectivity index (χ0) is 14.6. The highest BCUT2D eigenvalue weighted by Crippen LogP contribution is 2.37. The Balaban J connectivity index is 3.34. The van der Waals surface area contributed by atoms with Gasteiger partial charge in [-0.3, -0.25) is 0 Å². The van der Waals surface area contributed by atoms with Crippen molar-refractivity contribution in [3.05, 3.63) is 28.3 Å². The van der Waals surface area contributed by atoms with Gasteiger partial charge in [0.2, 0.25) is 0 Å². The summed E-state index contributed by atoms with van der Waals surface area (Å²) in [5, 5.41) is 3.43. The number of benzene rings is 1. The first-order valence-electron chi connectivity index (χ1n) is 6.99. The van der Waals surface area contributed by atoms with Gasteiger partial charge in [-0.1, -0.05) is 13.0 Å². The molecule has 108 valence electrons. The third-order valence-electron chi connectivity index (χ3n) is 4.05. The Morgan fingerprint density at radius 2 is 1.89 bits per heavy atom. The van der Waals surface area contributed by atoms with E-state index in [0.717, 1.165) is 12.2 Å². The van der Waals surface area contributed by atoms with E-state index in [-0.39, 0.29) is 6.04 Å². The molecule has 1 aromatic carbocycles. The van der Waals surface area contributed by atoms with Crippen LogP contribution in [0.5, 0.6) is 5.75 Å². The summed E-state index contributed by atoms with van der Waals surface area (Å²) in [6.07, 6.45) is 1.00. The van der Waals surface area contributed by atoms with E-state index in [4.69, 9.17) is 10.5 Å². The molecule has 0 aliphatic heterocycles. The van der Waals surface area contributed by atoms with Gasteiger partial charge in [0.25, 0.3) is 0 Å². The van der Waals surface area contributed by atoms with Crippen LogP contribution in [0, 0.1) is 26.7 Å². The lowest BCUT2D eigenvalue weighted by atomic mass is 9.86. The number of nitrogens with two attached hydrogens (primary N) is 1. The second kappa shape index (κ2) is 6.92. The molecule has 0 aromatic heterocycles. The zero-order valence-corrected chi connectivity index (χ0v) is 13.1. The van der Waals surface area contributed by atoms with Crippen LogP contribution < -0.4 is 15.8 Å². The van der Waals surface area contributed by atoms with E-state index in [1.165, 1.54) is 22.3 Å². The van der Waals surface area contributed by atoms with E-state index in [2.05, 4.69) is 39.1 Å². The van der Waals surface area contributed by atoms with Crippen LogP contribution in [0.3, 0.4) is 0 Å². The highest BCUT2D eigenvalue weighted by molar-refractivity contribution is 5.51. The molecule has 1 rings (SSSR count). The Morgan fingerprint density at radius 3 is 2.37 bits per heavy atom. The monoisotopic (exact) mass is 264 g/mol. The van der Waals surface area contributed by atoms with Crippen LogP contribution in [-0.4, -0.2) is 20.7 Å². The summed E-state index contributed by atoms with van der Waals surface area (Å²) in [4.78, 5) is 0. The molecule has 2 atom stereocenters. The van der Waals surface area contributed by atoms with Crippen molar-refractivity contribution in [2.75, 3.05) is 20.7 Å². The van der Waals surface area contributed by atoms with Gasteiger partial charge in [-0.05, 0) is 63.4 Å². The molecule has 0 saturated carbocycles. The molecule has 0 fully saturated rings. The van der Waals surface area contributed by atoms with Gasteiger partial charge in [-0.25, -0.2) is 0 Å². The van der Waals surface area contributed by atoms with E-state index < -0.39 is 0 Å². The van der Waals surface area contributed by atoms with Crippen molar-refractivity contribution in [3.8, 4) is 5.75 Å². The molecule has 19 heavy (non-hydrogen) atoms. The number of ether oxygens (including phenoxy) is 1. The van der Waals surface area contributed by atoms with Crippen LogP contribution in [0.2, 0.25) is 0 Å². The van der Waals surface area contributed by atoms with Crippen molar-refractivity contribution in [3.63, 3.8) is 0 Å². The molecule has 0 spiro atoms. The standard InChI is InChI=1S/C16H28N2O/c1-10(7-8-17)15(18-5)14-12(3)9-11(2)13(4)16(14)19-6/h9-10,15,18H,7-8,17H2,1-6H3. The minimum Gasteiger partial charge on any atom is -0.496 e. The molecule has 0 saturated heterocycles. The van der Waals surface area contributed by atoms with Gasteiger partial charge in [0, 0.05) is 11.6 Å². The van der Waals surface area contributed by atoms with Crippen molar-refractivity contribution in [1.29, 1.82) is 0 Å². The molecular weight excluding hydrogens is 236 g/mol. The van der Waals surface area contributed by atoms with Crippen molar-refractivity contribution in [2.24, 2.45) is 11.7 Å². The maximum absolute atomic E-state index is 5.70. The number of rotatable bonds is 6. The van der Waals surface area contributed by atoms with Gasteiger partial charge in [-0.2, -0.15) is 0 Å². The molecule has 0 radical (unpaired) electrons. The molecular formula is C16H28N2O. The van der Waals surface area contributed by atoms with Crippen molar-refractivity contribution in [2.45, 2.75) is 40.2 Å². The van der Waals surface area contributed by atoms with E-state index >= 15 is 0 Å². The number of aryl methyl sites for hydroxylation is 2. The smallest absolute Gasteiger partial charge is 0.127 e. The summed E-state index contributed by atoms with van der Waals surface area (Å²) in [6, 6.07) is 2.52. The van der Waals surface area contributed by atoms with Gasteiger partial charge < -0.3 is 15.8 Å². The Kier molecular flexibility index (Phi) is 5.83. The summed E-state index contributed by atoms with van der Waals surface area (Å²) in [6.45, 7) is 9.36. The number of methoxy groups -OCH3 is 1. The summed E-state index contributed by atoms with van der Waals surface area (Å²) >= 11 is 0. The maximum Gasteiger partial charge on any atom is 0.127 e. The fourth-order valence-corrected chi connectivity index (χ4v) is 2.86. The molecule has 0 amide bonds. The first kappa shape index (κ1) is 16.0. The third-order valence-corrected chi connectivity index (χ3v) is 4.05. The van der Waals surface area contributed by atoms with Crippen molar-refractivity contribution >= 4 is 0 Å². The van der Waals surface area contributed by atoms with Crippen LogP contribution in [0.25, 0.3) is 0 Å². The van der Waals surface area contributed by atoms with Crippen LogP contribution in [0.15, 0.2) is 6.07 Å². The summed E-state index contributed by atoms with van der Waals surface area (Å²) in [7, 11) is 3.76. The Bertz CT molecular complexity index is 429. The summed E-state index contributed by atoms with van der Waals surface area (Å²) in [5.74, 6) is 1.49. The second-order valence-electron chi connectivity index (χ2n) is 5.40. The highest BCUT2D eigenvalue weighted by Gasteiger charge is 2.24.